The first-order valence-electron chi connectivity index (χ1n) is 7.53. The standard InChI is InChI=1S/C6H13N.C6H6O3.C3H8N2O2/c7-6-4-2-1-3-5-6;7-3-5-1-2-6(4-8)9-5;4-1-2(5)3(6)7/h6H,1-5,7H2;1-3,8H,4H2;2H,1,4-5H2,(H,6,7). The molecular weight excluding hydrogens is 302 g/mol. The normalized spacial score (nSPS) is 15.5. The molecule has 1 aromatic rings. The number of aliphatic carboxylic acids is 1. The monoisotopic (exact) mass is 329 g/mol. The summed E-state index contributed by atoms with van der Waals surface area (Å²) in [6.07, 6.45) is 7.26. The number of aliphatic hydroxyl groups excluding tert-OH is 1. The van der Waals surface area contributed by atoms with Crippen molar-refractivity contribution in [3.63, 3.8) is 0 Å². The van der Waals surface area contributed by atoms with E-state index in [1.54, 1.807) is 6.07 Å². The van der Waals surface area contributed by atoms with Crippen LogP contribution in [0.2, 0.25) is 0 Å². The number of rotatable bonds is 4. The summed E-state index contributed by atoms with van der Waals surface area (Å²) in [4.78, 5) is 19.7. The van der Waals surface area contributed by atoms with Crippen molar-refractivity contribution in [3.05, 3.63) is 23.7 Å². The van der Waals surface area contributed by atoms with Crippen LogP contribution in [0.15, 0.2) is 16.5 Å². The molecule has 1 aliphatic carbocycles. The molecule has 0 spiro atoms. The summed E-state index contributed by atoms with van der Waals surface area (Å²) in [6, 6.07) is 2.70. The molecule has 1 aliphatic rings. The summed E-state index contributed by atoms with van der Waals surface area (Å²) in [5.74, 6) is -0.390. The van der Waals surface area contributed by atoms with Gasteiger partial charge in [-0.3, -0.25) is 9.59 Å². The number of hydrogen-bond donors (Lipinski definition) is 5. The Balaban J connectivity index is 0.000000320. The van der Waals surface area contributed by atoms with Gasteiger partial charge >= 0.3 is 5.97 Å². The Morgan fingerprint density at radius 3 is 2.17 bits per heavy atom. The number of furan rings is 1. The van der Waals surface area contributed by atoms with Crippen LogP contribution < -0.4 is 17.2 Å². The highest BCUT2D eigenvalue weighted by molar-refractivity contribution is 5.73. The van der Waals surface area contributed by atoms with Gasteiger partial charge in [-0.25, -0.2) is 0 Å². The highest BCUT2D eigenvalue weighted by Crippen LogP contribution is 2.14. The second-order valence-electron chi connectivity index (χ2n) is 5.16. The maximum absolute atomic E-state index is 9.96. The molecule has 0 aromatic carbocycles. The van der Waals surface area contributed by atoms with E-state index < -0.39 is 12.0 Å². The van der Waals surface area contributed by atoms with Crippen LogP contribution in [0.4, 0.5) is 0 Å². The van der Waals surface area contributed by atoms with Gasteiger partial charge < -0.3 is 31.8 Å². The van der Waals surface area contributed by atoms with E-state index in [0.717, 1.165) is 0 Å². The van der Waals surface area contributed by atoms with Crippen LogP contribution in [0, 0.1) is 0 Å². The first-order chi connectivity index (χ1) is 10.9. The maximum atomic E-state index is 9.96. The topological polar surface area (TPSA) is 166 Å². The number of carboxylic acid groups (broad SMARTS) is 1. The van der Waals surface area contributed by atoms with Gasteiger partial charge in [0.25, 0.3) is 0 Å². The maximum Gasteiger partial charge on any atom is 0.321 e. The van der Waals surface area contributed by atoms with Gasteiger partial charge in [0.05, 0.1) is 0 Å². The molecule has 0 bridgehead atoms. The first kappa shape index (κ1) is 21.3. The van der Waals surface area contributed by atoms with E-state index in [0.29, 0.717) is 18.1 Å². The van der Waals surface area contributed by atoms with Crippen LogP contribution >= 0.6 is 0 Å². The lowest BCUT2D eigenvalue weighted by atomic mass is 9.97. The van der Waals surface area contributed by atoms with Crippen molar-refractivity contribution in [1.29, 1.82) is 0 Å². The zero-order chi connectivity index (χ0) is 17.7. The second kappa shape index (κ2) is 12.8. The lowest BCUT2D eigenvalue weighted by Crippen LogP contribution is -2.37. The molecule has 23 heavy (non-hydrogen) atoms. The zero-order valence-corrected chi connectivity index (χ0v) is 13.2. The fourth-order valence-corrected chi connectivity index (χ4v) is 1.78. The molecule has 0 saturated heterocycles. The molecule has 1 aromatic heterocycles. The number of aliphatic hydroxyl groups is 1. The van der Waals surface area contributed by atoms with Crippen molar-refractivity contribution in [2.45, 2.75) is 50.8 Å². The number of hydrogen-bond acceptors (Lipinski definition) is 7. The zero-order valence-electron chi connectivity index (χ0n) is 13.2. The van der Waals surface area contributed by atoms with E-state index in [1.807, 2.05) is 0 Å². The third kappa shape index (κ3) is 10.6. The number of nitrogens with two attached hydrogens (primary N) is 3. The molecule has 1 heterocycles. The molecule has 1 fully saturated rings. The lowest BCUT2D eigenvalue weighted by Gasteiger charge is -2.15. The molecule has 0 radical (unpaired) electrons. The lowest BCUT2D eigenvalue weighted by molar-refractivity contribution is -0.138. The molecule has 1 saturated carbocycles. The number of carbonyl (C=O) groups is 2. The van der Waals surface area contributed by atoms with Crippen LogP contribution in [-0.2, 0) is 11.4 Å². The van der Waals surface area contributed by atoms with E-state index in [-0.39, 0.29) is 18.9 Å². The van der Waals surface area contributed by atoms with Crippen molar-refractivity contribution in [2.24, 2.45) is 17.2 Å². The molecule has 2 rings (SSSR count). The molecule has 1 atom stereocenters. The molecule has 8 N–H and O–H groups in total. The Hall–Kier alpha value is -1.74. The summed E-state index contributed by atoms with van der Waals surface area (Å²) < 4.78 is 4.76. The van der Waals surface area contributed by atoms with Crippen LogP contribution in [0.25, 0.3) is 0 Å². The summed E-state index contributed by atoms with van der Waals surface area (Å²) in [7, 11) is 0. The Morgan fingerprint density at radius 1 is 1.35 bits per heavy atom. The van der Waals surface area contributed by atoms with Crippen LogP contribution in [0.1, 0.15) is 48.4 Å². The quantitative estimate of drug-likeness (QED) is 0.489. The molecule has 0 amide bonds. The Kier molecular flexibility index (Phi) is 11.8. The van der Waals surface area contributed by atoms with Gasteiger partial charge in [0, 0.05) is 12.6 Å². The predicted molar refractivity (Wildman–Crippen MR) is 85.7 cm³/mol. The van der Waals surface area contributed by atoms with Gasteiger partial charge in [-0.1, -0.05) is 19.3 Å². The van der Waals surface area contributed by atoms with Crippen LogP contribution in [-0.4, -0.2) is 41.1 Å². The minimum Gasteiger partial charge on any atom is -0.480 e. The Labute approximate surface area is 135 Å². The number of aldehydes is 1. The SMILES string of the molecule is NC1CCCCC1.NCC(N)C(=O)O.O=Cc1ccc(CO)o1. The van der Waals surface area contributed by atoms with Crippen molar-refractivity contribution >= 4 is 12.3 Å². The van der Waals surface area contributed by atoms with Gasteiger partial charge in [-0.15, -0.1) is 0 Å². The molecule has 1 unspecified atom stereocenters. The predicted octanol–water partition coefficient (Wildman–Crippen LogP) is 0.219. The fourth-order valence-electron chi connectivity index (χ4n) is 1.78. The van der Waals surface area contributed by atoms with Gasteiger partial charge in [-0.05, 0) is 25.0 Å². The average molecular weight is 329 g/mol. The second-order valence-corrected chi connectivity index (χ2v) is 5.16. The van der Waals surface area contributed by atoms with Crippen molar-refractivity contribution < 1.29 is 24.2 Å². The fraction of sp³-hybridized carbons (Fsp3) is 0.600. The summed E-state index contributed by atoms with van der Waals surface area (Å²) in [5.41, 5.74) is 15.4. The molecular formula is C15H27N3O5. The van der Waals surface area contributed by atoms with Crippen molar-refractivity contribution in [2.75, 3.05) is 6.54 Å². The van der Waals surface area contributed by atoms with Crippen LogP contribution in [0.5, 0.6) is 0 Å². The third-order valence-corrected chi connectivity index (χ3v) is 3.18. The minimum atomic E-state index is -1.05. The summed E-state index contributed by atoms with van der Waals surface area (Å²) in [5, 5.41) is 16.4. The van der Waals surface area contributed by atoms with Gasteiger partial charge in [-0.2, -0.15) is 0 Å². The van der Waals surface area contributed by atoms with Crippen molar-refractivity contribution in [1.82, 2.24) is 0 Å². The highest BCUT2D eigenvalue weighted by atomic mass is 16.4. The van der Waals surface area contributed by atoms with Crippen molar-refractivity contribution in [3.8, 4) is 0 Å². The minimum absolute atomic E-state index is 0.00463. The van der Waals surface area contributed by atoms with E-state index in [9.17, 15) is 9.59 Å². The largest absolute Gasteiger partial charge is 0.480 e. The van der Waals surface area contributed by atoms with Gasteiger partial charge in [0.1, 0.15) is 18.4 Å². The average Bonchev–Trinajstić information content (AvgIpc) is 3.04. The smallest absolute Gasteiger partial charge is 0.321 e. The Morgan fingerprint density at radius 2 is 1.96 bits per heavy atom. The van der Waals surface area contributed by atoms with Crippen LogP contribution in [0.3, 0.4) is 0 Å². The number of carbonyl (C=O) groups excluding carboxylic acids is 1. The third-order valence-electron chi connectivity index (χ3n) is 3.18. The summed E-state index contributed by atoms with van der Waals surface area (Å²) >= 11 is 0. The molecule has 0 aliphatic heterocycles. The van der Waals surface area contributed by atoms with E-state index >= 15 is 0 Å². The van der Waals surface area contributed by atoms with E-state index in [1.165, 1.54) is 38.2 Å². The summed E-state index contributed by atoms with van der Waals surface area (Å²) in [6.45, 7) is -0.164. The molecule has 8 nitrogen and oxygen atoms in total. The molecule has 8 heteroatoms. The van der Waals surface area contributed by atoms with Gasteiger partial charge in [0.2, 0.25) is 0 Å². The highest BCUT2D eigenvalue weighted by Gasteiger charge is 2.06. The number of carboxylic acids is 1. The first-order valence-corrected chi connectivity index (χ1v) is 7.53. The Bertz CT molecular complexity index is 444. The molecule has 132 valence electrons. The van der Waals surface area contributed by atoms with E-state index in [4.69, 9.17) is 31.8 Å². The van der Waals surface area contributed by atoms with E-state index in [2.05, 4.69) is 0 Å². The van der Waals surface area contributed by atoms with Gasteiger partial charge in [0.15, 0.2) is 12.0 Å².